The molecule has 0 atom stereocenters. The molecule has 0 aromatic carbocycles. The molecule has 1 aliphatic rings. The van der Waals surface area contributed by atoms with Gasteiger partial charge in [0.25, 0.3) is 0 Å². The Morgan fingerprint density at radius 3 is 1.91 bits per heavy atom. The second kappa shape index (κ2) is 4.21. The van der Waals surface area contributed by atoms with E-state index in [4.69, 9.17) is 0 Å². The van der Waals surface area contributed by atoms with Gasteiger partial charge in [0.05, 0.1) is 0 Å². The van der Waals surface area contributed by atoms with Crippen LogP contribution in [0.1, 0.15) is 40.5 Å². The summed E-state index contributed by atoms with van der Waals surface area (Å²) in [5, 5.41) is 4.61. The fraction of sp³-hybridized carbons (Fsp3) is 1.00. The normalized spacial score (nSPS) is 27.3. The van der Waals surface area contributed by atoms with Crippen molar-refractivity contribution in [1.82, 2.24) is 0 Å². The Hall–Kier alpha value is 1.60. The average Bonchev–Trinajstić information content (AvgIpc) is 1.77. The van der Waals surface area contributed by atoms with E-state index >= 15 is 0 Å². The minimum atomic E-state index is 0. The van der Waals surface area contributed by atoms with Crippen LogP contribution in [0.3, 0.4) is 0 Å². The molecule has 0 unspecified atom stereocenters. The first-order valence-corrected chi connectivity index (χ1v) is 4.14. The van der Waals surface area contributed by atoms with Gasteiger partial charge in [-0.05, 0) is 5.41 Å². The molecule has 0 aliphatic carbocycles. The van der Waals surface area contributed by atoms with Crippen molar-refractivity contribution in [3.8, 4) is 0 Å². The number of nitrogens with zero attached hydrogens (tertiary/aromatic N) is 1. The standard InChI is InChI=1S/C9H18N.K/c1-8(2)6-5-7-10-9(8,3)4;/h5-7H2,1-4H3;/q-1;+1. The van der Waals surface area contributed by atoms with Crippen molar-refractivity contribution in [1.29, 1.82) is 0 Å². The fourth-order valence-electron chi connectivity index (χ4n) is 1.40. The van der Waals surface area contributed by atoms with E-state index in [-0.39, 0.29) is 56.9 Å². The number of hydrogen-bond acceptors (Lipinski definition) is 0. The van der Waals surface area contributed by atoms with Crippen molar-refractivity contribution in [3.05, 3.63) is 5.32 Å². The van der Waals surface area contributed by atoms with E-state index in [1.54, 1.807) is 0 Å². The summed E-state index contributed by atoms with van der Waals surface area (Å²) in [5.41, 5.74) is 0.608. The Kier molecular flexibility index (Phi) is 4.82. The molecule has 0 aromatic rings. The monoisotopic (exact) mass is 179 g/mol. The second-order valence-corrected chi connectivity index (χ2v) is 4.43. The molecule has 0 radical (unpaired) electrons. The quantitative estimate of drug-likeness (QED) is 0.464. The maximum absolute atomic E-state index is 4.61. The Labute approximate surface area is 113 Å². The SMILES string of the molecule is CC1(C)CCC[N-]C1(C)C.[K+]. The number of rotatable bonds is 0. The van der Waals surface area contributed by atoms with Gasteiger partial charge in [-0.15, -0.1) is 12.1 Å². The topological polar surface area (TPSA) is 14.1 Å². The summed E-state index contributed by atoms with van der Waals surface area (Å²) in [6, 6.07) is 0. The molecule has 2 heteroatoms. The van der Waals surface area contributed by atoms with Gasteiger partial charge in [-0.3, -0.25) is 0 Å². The first-order chi connectivity index (χ1) is 4.46. The summed E-state index contributed by atoms with van der Waals surface area (Å²) < 4.78 is 0. The largest absolute Gasteiger partial charge is 1.00 e. The molecule has 1 heterocycles. The minimum absolute atomic E-state index is 0. The summed E-state index contributed by atoms with van der Waals surface area (Å²) in [5.74, 6) is 0. The predicted octanol–water partition coefficient (Wildman–Crippen LogP) is -0.0373. The van der Waals surface area contributed by atoms with E-state index in [0.717, 1.165) is 6.54 Å². The smallest absolute Gasteiger partial charge is 0.657 e. The van der Waals surface area contributed by atoms with E-state index < -0.39 is 0 Å². The van der Waals surface area contributed by atoms with Gasteiger partial charge in [-0.1, -0.05) is 40.5 Å². The molecule has 0 bridgehead atoms. The molecule has 11 heavy (non-hydrogen) atoms. The first kappa shape index (κ1) is 12.6. The van der Waals surface area contributed by atoms with E-state index in [1.807, 2.05) is 0 Å². The Morgan fingerprint density at radius 1 is 1.09 bits per heavy atom. The van der Waals surface area contributed by atoms with Crippen LogP contribution < -0.4 is 51.4 Å². The van der Waals surface area contributed by atoms with Crippen molar-refractivity contribution in [3.63, 3.8) is 0 Å². The third-order valence-corrected chi connectivity index (χ3v) is 3.12. The molecular weight excluding hydrogens is 161 g/mol. The molecule has 0 spiro atoms. The molecule has 60 valence electrons. The van der Waals surface area contributed by atoms with Crippen molar-refractivity contribution < 1.29 is 51.4 Å². The molecule has 0 saturated carbocycles. The van der Waals surface area contributed by atoms with Gasteiger partial charge in [0.15, 0.2) is 0 Å². The number of hydrogen-bond donors (Lipinski definition) is 0. The van der Waals surface area contributed by atoms with Gasteiger partial charge in [0.2, 0.25) is 0 Å². The van der Waals surface area contributed by atoms with Gasteiger partial charge >= 0.3 is 51.4 Å². The maximum Gasteiger partial charge on any atom is 1.00 e. The third-order valence-electron chi connectivity index (χ3n) is 3.12. The van der Waals surface area contributed by atoms with Crippen molar-refractivity contribution in [2.75, 3.05) is 6.54 Å². The van der Waals surface area contributed by atoms with Crippen molar-refractivity contribution in [2.24, 2.45) is 5.41 Å². The molecule has 1 saturated heterocycles. The van der Waals surface area contributed by atoms with Gasteiger partial charge < -0.3 is 5.32 Å². The zero-order valence-electron chi connectivity index (χ0n) is 8.57. The summed E-state index contributed by atoms with van der Waals surface area (Å²) in [7, 11) is 0. The van der Waals surface area contributed by atoms with Crippen LogP contribution in [-0.2, 0) is 0 Å². The van der Waals surface area contributed by atoms with Crippen molar-refractivity contribution in [2.45, 2.75) is 46.1 Å². The van der Waals surface area contributed by atoms with Crippen LogP contribution >= 0.6 is 0 Å². The summed E-state index contributed by atoms with van der Waals surface area (Å²) >= 11 is 0. The Bertz CT molecular complexity index is 114. The van der Waals surface area contributed by atoms with Crippen LogP contribution in [-0.4, -0.2) is 12.1 Å². The van der Waals surface area contributed by atoms with Crippen molar-refractivity contribution >= 4 is 0 Å². The third kappa shape index (κ3) is 2.78. The van der Waals surface area contributed by atoms with Gasteiger partial charge in [0, 0.05) is 0 Å². The summed E-state index contributed by atoms with van der Waals surface area (Å²) in [6.45, 7) is 10.2. The average molecular weight is 179 g/mol. The van der Waals surface area contributed by atoms with E-state index in [9.17, 15) is 0 Å². The molecule has 1 aliphatic heterocycles. The van der Waals surface area contributed by atoms with Crippen LogP contribution in [0.5, 0.6) is 0 Å². The molecular formula is C9H18KN. The Morgan fingerprint density at radius 2 is 1.64 bits per heavy atom. The van der Waals surface area contributed by atoms with E-state index in [2.05, 4.69) is 33.0 Å². The summed E-state index contributed by atoms with van der Waals surface area (Å²) in [4.78, 5) is 0. The van der Waals surface area contributed by atoms with Crippen LogP contribution in [0, 0.1) is 5.41 Å². The van der Waals surface area contributed by atoms with Crippen LogP contribution in [0.2, 0.25) is 0 Å². The zero-order valence-corrected chi connectivity index (χ0v) is 11.7. The molecule has 0 N–H and O–H groups in total. The maximum atomic E-state index is 4.61. The van der Waals surface area contributed by atoms with Crippen LogP contribution in [0.25, 0.3) is 5.32 Å². The Balaban J connectivity index is 0.000001000. The zero-order chi connectivity index (χ0) is 7.83. The number of piperidine rings is 1. The molecule has 0 amide bonds. The van der Waals surface area contributed by atoms with Crippen LogP contribution in [0.4, 0.5) is 0 Å². The first-order valence-electron chi connectivity index (χ1n) is 4.14. The predicted molar refractivity (Wildman–Crippen MR) is 45.3 cm³/mol. The second-order valence-electron chi connectivity index (χ2n) is 4.43. The molecule has 0 aromatic heterocycles. The van der Waals surface area contributed by atoms with E-state index in [1.165, 1.54) is 12.8 Å². The molecule has 1 rings (SSSR count). The van der Waals surface area contributed by atoms with Crippen LogP contribution in [0.15, 0.2) is 0 Å². The van der Waals surface area contributed by atoms with Gasteiger partial charge in [-0.2, -0.15) is 0 Å². The molecule has 1 fully saturated rings. The summed E-state index contributed by atoms with van der Waals surface area (Å²) in [6.07, 6.45) is 2.60. The van der Waals surface area contributed by atoms with E-state index in [0.29, 0.717) is 5.41 Å². The molecule has 1 nitrogen and oxygen atoms in total. The minimum Gasteiger partial charge on any atom is -0.657 e. The fourth-order valence-corrected chi connectivity index (χ4v) is 1.40. The van der Waals surface area contributed by atoms with Gasteiger partial charge in [-0.25, -0.2) is 0 Å². The van der Waals surface area contributed by atoms with Gasteiger partial charge in [0.1, 0.15) is 0 Å².